The molecule has 2 aromatic carbocycles. The highest BCUT2D eigenvalue weighted by Crippen LogP contribution is 2.48. The fraction of sp³-hybridized carbons (Fsp3) is 0.118. The Morgan fingerprint density at radius 2 is 1.85 bits per heavy atom. The summed E-state index contributed by atoms with van der Waals surface area (Å²) in [4.78, 5) is 11.1. The van der Waals surface area contributed by atoms with Crippen molar-refractivity contribution < 1.29 is 19.1 Å². The van der Waals surface area contributed by atoms with Gasteiger partial charge in [0.1, 0.15) is 17.4 Å². The van der Waals surface area contributed by atoms with Crippen LogP contribution in [0.5, 0.6) is 17.2 Å². The van der Waals surface area contributed by atoms with E-state index in [1.807, 2.05) is 6.07 Å². The number of nitriles is 1. The molecule has 9 nitrogen and oxygen atoms in total. The number of nitrogen functional groups attached to an aromatic ring is 1. The minimum absolute atomic E-state index is 0.0279. The number of nitro benzene ring substituents is 1. The smallest absolute Gasteiger partial charge is 0.277 e. The Balaban J connectivity index is 2.00. The third kappa shape index (κ3) is 2.24. The van der Waals surface area contributed by atoms with E-state index in [2.05, 4.69) is 0 Å². The average Bonchev–Trinajstić information content (AvgIpc) is 3.06. The number of anilines is 1. The summed E-state index contributed by atoms with van der Waals surface area (Å²) >= 11 is 0. The highest BCUT2D eigenvalue weighted by Gasteiger charge is 2.36. The number of nitrogens with zero attached hydrogens (tertiary/aromatic N) is 2. The molecule has 2 heterocycles. The van der Waals surface area contributed by atoms with E-state index >= 15 is 0 Å². The van der Waals surface area contributed by atoms with Gasteiger partial charge < -0.3 is 25.7 Å². The van der Waals surface area contributed by atoms with Crippen molar-refractivity contribution in [1.29, 1.82) is 5.26 Å². The van der Waals surface area contributed by atoms with Crippen LogP contribution in [0.2, 0.25) is 0 Å². The van der Waals surface area contributed by atoms with Crippen LogP contribution in [-0.4, -0.2) is 11.7 Å². The fourth-order valence-corrected chi connectivity index (χ4v) is 3.13. The molecule has 0 aromatic heterocycles. The molecule has 130 valence electrons. The molecule has 9 heteroatoms. The van der Waals surface area contributed by atoms with Gasteiger partial charge in [-0.2, -0.15) is 5.26 Å². The third-order valence-electron chi connectivity index (χ3n) is 4.27. The second-order valence-electron chi connectivity index (χ2n) is 5.74. The zero-order chi connectivity index (χ0) is 18.4. The first kappa shape index (κ1) is 15.6. The number of nitro groups is 1. The standard InChI is InChI=1S/C17H12N4O5/c18-6-11-16(9-2-1-8(19)3-13(9)26-17(11)20)10-4-14-15(25-7-24-14)5-12(10)21(22)23/h1-5,16H,7,19-20H2/t16-/m1/s1. The Morgan fingerprint density at radius 1 is 1.12 bits per heavy atom. The summed E-state index contributed by atoms with van der Waals surface area (Å²) in [7, 11) is 0. The van der Waals surface area contributed by atoms with Crippen LogP contribution < -0.4 is 25.7 Å². The molecule has 0 amide bonds. The van der Waals surface area contributed by atoms with Gasteiger partial charge in [0.2, 0.25) is 12.7 Å². The van der Waals surface area contributed by atoms with Crippen LogP contribution in [0, 0.1) is 21.4 Å². The summed E-state index contributed by atoms with van der Waals surface area (Å²) in [5, 5.41) is 21.2. The van der Waals surface area contributed by atoms with Crippen molar-refractivity contribution in [2.75, 3.05) is 12.5 Å². The van der Waals surface area contributed by atoms with E-state index in [1.165, 1.54) is 12.1 Å². The minimum Gasteiger partial charge on any atom is -0.454 e. The molecule has 0 bridgehead atoms. The van der Waals surface area contributed by atoms with E-state index in [4.69, 9.17) is 25.7 Å². The van der Waals surface area contributed by atoms with Crippen molar-refractivity contribution in [3.63, 3.8) is 0 Å². The molecule has 4 rings (SSSR count). The normalized spacial score (nSPS) is 17.3. The Kier molecular flexibility index (Phi) is 3.33. The SMILES string of the molecule is N#CC1=C(N)Oc2cc(N)ccc2[C@@H]1c1cc2c(cc1[N+](=O)[O-])OCO2. The maximum atomic E-state index is 11.6. The number of fused-ring (bicyclic) bond motifs is 2. The maximum Gasteiger partial charge on any atom is 0.277 e. The van der Waals surface area contributed by atoms with Crippen molar-refractivity contribution in [2.24, 2.45) is 5.73 Å². The van der Waals surface area contributed by atoms with Gasteiger partial charge in [-0.15, -0.1) is 0 Å². The lowest BCUT2D eigenvalue weighted by Crippen LogP contribution is -2.21. The number of benzene rings is 2. The molecule has 2 aliphatic rings. The highest BCUT2D eigenvalue weighted by molar-refractivity contribution is 5.65. The van der Waals surface area contributed by atoms with Gasteiger partial charge in [0.15, 0.2) is 11.5 Å². The van der Waals surface area contributed by atoms with Crippen LogP contribution in [-0.2, 0) is 0 Å². The summed E-state index contributed by atoms with van der Waals surface area (Å²) < 4.78 is 16.1. The molecule has 0 spiro atoms. The molecule has 0 fully saturated rings. The van der Waals surface area contributed by atoms with Crippen molar-refractivity contribution in [1.82, 2.24) is 0 Å². The fourth-order valence-electron chi connectivity index (χ4n) is 3.13. The predicted molar refractivity (Wildman–Crippen MR) is 89.4 cm³/mol. The van der Waals surface area contributed by atoms with Gasteiger partial charge in [-0.05, 0) is 12.1 Å². The molecule has 0 saturated carbocycles. The molecular formula is C17H12N4O5. The molecule has 1 atom stereocenters. The van der Waals surface area contributed by atoms with Gasteiger partial charge in [0.25, 0.3) is 5.69 Å². The van der Waals surface area contributed by atoms with Crippen LogP contribution in [0.3, 0.4) is 0 Å². The lowest BCUT2D eigenvalue weighted by molar-refractivity contribution is -0.385. The zero-order valence-electron chi connectivity index (χ0n) is 13.3. The van der Waals surface area contributed by atoms with E-state index in [1.54, 1.807) is 18.2 Å². The summed E-state index contributed by atoms with van der Waals surface area (Å²) in [5.41, 5.74) is 12.8. The number of nitrogens with two attached hydrogens (primary N) is 2. The van der Waals surface area contributed by atoms with Gasteiger partial charge in [-0.1, -0.05) is 6.07 Å². The van der Waals surface area contributed by atoms with E-state index < -0.39 is 10.8 Å². The number of ether oxygens (including phenoxy) is 3. The summed E-state index contributed by atoms with van der Waals surface area (Å²) in [6.45, 7) is -0.0279. The van der Waals surface area contributed by atoms with Gasteiger partial charge >= 0.3 is 0 Å². The van der Waals surface area contributed by atoms with E-state index in [0.717, 1.165) is 0 Å². The van der Waals surface area contributed by atoms with E-state index in [9.17, 15) is 15.4 Å². The largest absolute Gasteiger partial charge is 0.454 e. The second-order valence-corrected chi connectivity index (χ2v) is 5.74. The Labute approximate surface area is 147 Å². The molecule has 0 unspecified atom stereocenters. The monoisotopic (exact) mass is 352 g/mol. The van der Waals surface area contributed by atoms with Crippen LogP contribution >= 0.6 is 0 Å². The number of allylic oxidation sites excluding steroid dienone is 1. The second kappa shape index (κ2) is 5.56. The van der Waals surface area contributed by atoms with Crippen molar-refractivity contribution in [2.45, 2.75) is 5.92 Å². The Bertz CT molecular complexity index is 1020. The zero-order valence-corrected chi connectivity index (χ0v) is 13.3. The Hall–Kier alpha value is -3.93. The molecule has 26 heavy (non-hydrogen) atoms. The topological polar surface area (TPSA) is 147 Å². The summed E-state index contributed by atoms with van der Waals surface area (Å²) in [6, 6.07) is 9.63. The van der Waals surface area contributed by atoms with Gasteiger partial charge in [-0.25, -0.2) is 0 Å². The van der Waals surface area contributed by atoms with Crippen molar-refractivity contribution in [3.8, 4) is 23.3 Å². The van der Waals surface area contributed by atoms with Gasteiger partial charge in [0, 0.05) is 22.9 Å². The van der Waals surface area contributed by atoms with Gasteiger partial charge in [0.05, 0.1) is 16.9 Å². The first-order valence-electron chi connectivity index (χ1n) is 7.54. The molecule has 2 aliphatic heterocycles. The summed E-state index contributed by atoms with van der Waals surface area (Å²) in [6.07, 6.45) is 0. The maximum absolute atomic E-state index is 11.6. The molecule has 0 aliphatic carbocycles. The molecular weight excluding hydrogens is 340 g/mol. The number of rotatable bonds is 2. The number of hydrogen-bond donors (Lipinski definition) is 2. The third-order valence-corrected chi connectivity index (χ3v) is 4.27. The predicted octanol–water partition coefficient (Wildman–Crippen LogP) is 2.12. The summed E-state index contributed by atoms with van der Waals surface area (Å²) in [5.74, 6) is 0.0747. The minimum atomic E-state index is -0.792. The Morgan fingerprint density at radius 3 is 2.54 bits per heavy atom. The van der Waals surface area contributed by atoms with E-state index in [0.29, 0.717) is 22.7 Å². The van der Waals surface area contributed by atoms with Crippen LogP contribution in [0.4, 0.5) is 11.4 Å². The van der Waals surface area contributed by atoms with Crippen LogP contribution in [0.15, 0.2) is 41.8 Å². The molecule has 0 saturated heterocycles. The average molecular weight is 352 g/mol. The number of hydrogen-bond acceptors (Lipinski definition) is 8. The van der Waals surface area contributed by atoms with Crippen LogP contribution in [0.1, 0.15) is 17.0 Å². The van der Waals surface area contributed by atoms with Crippen molar-refractivity contribution >= 4 is 11.4 Å². The first-order valence-corrected chi connectivity index (χ1v) is 7.54. The molecule has 2 aromatic rings. The van der Waals surface area contributed by atoms with E-state index in [-0.39, 0.29) is 35.2 Å². The first-order chi connectivity index (χ1) is 12.5. The van der Waals surface area contributed by atoms with Gasteiger partial charge in [-0.3, -0.25) is 10.1 Å². The van der Waals surface area contributed by atoms with Crippen molar-refractivity contribution in [3.05, 3.63) is 63.0 Å². The molecule has 0 radical (unpaired) electrons. The lowest BCUT2D eigenvalue weighted by atomic mass is 9.82. The molecule has 4 N–H and O–H groups in total. The highest BCUT2D eigenvalue weighted by atomic mass is 16.7. The lowest BCUT2D eigenvalue weighted by Gasteiger charge is -2.26. The van der Waals surface area contributed by atoms with Crippen LogP contribution in [0.25, 0.3) is 0 Å². The quantitative estimate of drug-likeness (QED) is 0.474.